The van der Waals surface area contributed by atoms with Crippen LogP contribution in [0.3, 0.4) is 0 Å². The van der Waals surface area contributed by atoms with Crippen LogP contribution >= 0.6 is 11.6 Å². The Morgan fingerprint density at radius 2 is 1.70 bits per heavy atom. The predicted octanol–water partition coefficient (Wildman–Crippen LogP) is 6.43. The Morgan fingerprint density at radius 1 is 1.03 bits per heavy atom. The number of fused-ring (bicyclic) bond motifs is 1. The first-order chi connectivity index (χ1) is 17.1. The molecule has 0 saturated heterocycles. The van der Waals surface area contributed by atoms with Crippen molar-refractivity contribution in [3.63, 3.8) is 0 Å². The minimum absolute atomic E-state index is 0. The smallest absolute Gasteiger partial charge is 0.296 e. The SMILES string of the molecule is COc1ccccc1NC(=O)c1cc2ccccc2c(N=Nc2cc(Cl)c(C)cc2S(=O)(=O)O)c1O.[Mn]. The van der Waals surface area contributed by atoms with Crippen molar-refractivity contribution in [3.05, 3.63) is 82.9 Å². The Bertz CT molecular complexity index is 1640. The number of carbonyl (C=O) groups excluding carboxylic acids is 1. The van der Waals surface area contributed by atoms with Crippen molar-refractivity contribution in [2.45, 2.75) is 11.8 Å². The van der Waals surface area contributed by atoms with Crippen LogP contribution in [0.1, 0.15) is 15.9 Å². The second-order valence-electron chi connectivity index (χ2n) is 7.74. The zero-order valence-corrected chi connectivity index (χ0v) is 22.2. The Kier molecular flexibility index (Phi) is 8.57. The summed E-state index contributed by atoms with van der Waals surface area (Å²) in [7, 11) is -3.18. The van der Waals surface area contributed by atoms with Crippen molar-refractivity contribution in [3.8, 4) is 11.5 Å². The number of halogens is 1. The second kappa shape index (κ2) is 11.3. The molecule has 0 aliphatic rings. The van der Waals surface area contributed by atoms with Gasteiger partial charge >= 0.3 is 0 Å². The molecule has 0 atom stereocenters. The molecule has 0 fully saturated rings. The number of benzene rings is 4. The number of nitrogens with zero attached hydrogens (tertiary/aromatic N) is 2. The largest absolute Gasteiger partial charge is 0.505 e. The molecular weight excluding hydrogens is 561 g/mol. The number of hydrogen-bond donors (Lipinski definition) is 3. The van der Waals surface area contributed by atoms with E-state index >= 15 is 0 Å². The summed E-state index contributed by atoms with van der Waals surface area (Å²) >= 11 is 6.12. The van der Waals surface area contributed by atoms with Gasteiger partial charge in [0, 0.05) is 27.5 Å². The Labute approximate surface area is 228 Å². The van der Waals surface area contributed by atoms with E-state index in [-0.39, 0.29) is 39.0 Å². The molecule has 9 nitrogen and oxygen atoms in total. The number of para-hydroxylation sites is 2. The van der Waals surface area contributed by atoms with Crippen LogP contribution in [0.25, 0.3) is 10.8 Å². The zero-order valence-electron chi connectivity index (χ0n) is 19.4. The molecule has 1 radical (unpaired) electrons. The fourth-order valence-electron chi connectivity index (χ4n) is 3.56. The number of amides is 1. The minimum Gasteiger partial charge on any atom is -0.505 e. The van der Waals surface area contributed by atoms with E-state index in [0.717, 1.165) is 0 Å². The van der Waals surface area contributed by atoms with Crippen molar-refractivity contribution >= 4 is 55.5 Å². The molecule has 0 saturated carbocycles. The molecule has 3 N–H and O–H groups in total. The number of azo groups is 1. The van der Waals surface area contributed by atoms with Crippen molar-refractivity contribution in [2.75, 3.05) is 12.4 Å². The fourth-order valence-corrected chi connectivity index (χ4v) is 4.41. The summed E-state index contributed by atoms with van der Waals surface area (Å²) in [5.41, 5.74) is 0.404. The molecule has 4 aromatic carbocycles. The second-order valence-corrected chi connectivity index (χ2v) is 9.54. The molecule has 12 heteroatoms. The van der Waals surface area contributed by atoms with Crippen LogP contribution in [0.4, 0.5) is 17.1 Å². The van der Waals surface area contributed by atoms with Crippen LogP contribution in [0.15, 0.2) is 81.9 Å². The molecular formula is C25H20ClMnN3O6S. The molecule has 1 amide bonds. The molecule has 0 aliphatic heterocycles. The van der Waals surface area contributed by atoms with Gasteiger partial charge < -0.3 is 15.2 Å². The number of aromatic hydroxyl groups is 1. The zero-order chi connectivity index (χ0) is 26.0. The van der Waals surface area contributed by atoms with Gasteiger partial charge in [-0.2, -0.15) is 8.42 Å². The number of rotatable bonds is 6. The van der Waals surface area contributed by atoms with Gasteiger partial charge in [-0.25, -0.2) is 0 Å². The normalized spacial score (nSPS) is 11.4. The van der Waals surface area contributed by atoms with Gasteiger partial charge in [0.1, 0.15) is 22.0 Å². The number of phenolic OH excluding ortho intramolecular Hbond substituents is 1. The first kappa shape index (κ1) is 28.1. The van der Waals surface area contributed by atoms with E-state index in [1.165, 1.54) is 25.3 Å². The summed E-state index contributed by atoms with van der Waals surface area (Å²) < 4.78 is 38.6. The maximum Gasteiger partial charge on any atom is 0.296 e. The quantitative estimate of drug-likeness (QED) is 0.137. The standard InChI is InChI=1S/C25H20ClN3O6S.Mn/c1-14-11-22(36(32,33)34)20(13-18(14)26)28-29-23-16-8-4-3-7-15(16)12-17(24(23)30)25(31)27-19-9-5-6-10-21(19)35-2;/h3-13,30H,1-2H3,(H,27,31)(H,32,33,34);. The number of ether oxygens (including phenoxy) is 1. The van der Waals surface area contributed by atoms with Crippen LogP contribution in [0.2, 0.25) is 5.02 Å². The molecule has 191 valence electrons. The topological polar surface area (TPSA) is 138 Å². The van der Waals surface area contributed by atoms with Gasteiger partial charge in [-0.15, -0.1) is 10.2 Å². The van der Waals surface area contributed by atoms with E-state index in [1.807, 2.05) is 0 Å². The first-order valence-corrected chi connectivity index (χ1v) is 12.3. The first-order valence-electron chi connectivity index (χ1n) is 10.5. The van der Waals surface area contributed by atoms with E-state index in [2.05, 4.69) is 15.5 Å². The summed E-state index contributed by atoms with van der Waals surface area (Å²) in [6, 6.07) is 17.5. The molecule has 0 unspecified atom stereocenters. The number of phenols is 1. The van der Waals surface area contributed by atoms with E-state index in [4.69, 9.17) is 16.3 Å². The molecule has 4 rings (SSSR count). The van der Waals surface area contributed by atoms with Gasteiger partial charge in [-0.05, 0) is 48.2 Å². The number of aryl methyl sites for hydroxylation is 1. The maximum atomic E-state index is 13.1. The fraction of sp³-hybridized carbons (Fsp3) is 0.0800. The average molecular weight is 581 g/mol. The van der Waals surface area contributed by atoms with Gasteiger partial charge in [0.05, 0.1) is 18.4 Å². The number of anilines is 1. The third-order valence-corrected chi connectivity index (χ3v) is 6.66. The number of nitrogens with one attached hydrogen (secondary N) is 1. The molecule has 0 aliphatic carbocycles. The van der Waals surface area contributed by atoms with Gasteiger partial charge in [0.15, 0.2) is 5.75 Å². The van der Waals surface area contributed by atoms with Gasteiger partial charge in [-0.1, -0.05) is 48.0 Å². The Balaban J connectivity index is 0.00000380. The summed E-state index contributed by atoms with van der Waals surface area (Å²) in [6.45, 7) is 1.57. The number of carbonyl (C=O) groups is 1. The summed E-state index contributed by atoms with van der Waals surface area (Å²) in [4.78, 5) is 12.6. The van der Waals surface area contributed by atoms with E-state index in [1.54, 1.807) is 55.5 Å². The summed E-state index contributed by atoms with van der Waals surface area (Å²) in [5, 5.41) is 23.0. The minimum atomic E-state index is -4.64. The van der Waals surface area contributed by atoms with E-state index in [0.29, 0.717) is 27.8 Å². The molecule has 4 aromatic rings. The van der Waals surface area contributed by atoms with E-state index in [9.17, 15) is 22.9 Å². The maximum absolute atomic E-state index is 13.1. The van der Waals surface area contributed by atoms with Crippen molar-refractivity contribution in [1.29, 1.82) is 0 Å². The Hall–Kier alpha value is -3.47. The third-order valence-electron chi connectivity index (χ3n) is 5.37. The van der Waals surface area contributed by atoms with Crippen molar-refractivity contribution in [2.24, 2.45) is 10.2 Å². The molecule has 0 heterocycles. The predicted molar refractivity (Wildman–Crippen MR) is 137 cm³/mol. The van der Waals surface area contributed by atoms with Crippen LogP contribution in [0, 0.1) is 6.92 Å². The van der Waals surface area contributed by atoms with Crippen LogP contribution in [-0.4, -0.2) is 31.1 Å². The van der Waals surface area contributed by atoms with Gasteiger partial charge in [-0.3, -0.25) is 9.35 Å². The molecule has 0 aromatic heterocycles. The third kappa shape index (κ3) is 5.93. The van der Waals surface area contributed by atoms with Crippen LogP contribution in [-0.2, 0) is 27.2 Å². The van der Waals surface area contributed by atoms with Crippen molar-refractivity contribution < 1.29 is 44.7 Å². The number of hydrogen-bond acceptors (Lipinski definition) is 7. The Morgan fingerprint density at radius 3 is 2.41 bits per heavy atom. The molecule has 37 heavy (non-hydrogen) atoms. The van der Waals surface area contributed by atoms with Crippen LogP contribution < -0.4 is 10.1 Å². The number of methoxy groups -OCH3 is 1. The van der Waals surface area contributed by atoms with Crippen molar-refractivity contribution in [1.82, 2.24) is 0 Å². The summed E-state index contributed by atoms with van der Waals surface area (Å²) in [5.74, 6) is -0.673. The summed E-state index contributed by atoms with van der Waals surface area (Å²) in [6.07, 6.45) is 0. The van der Waals surface area contributed by atoms with Gasteiger partial charge in [0.2, 0.25) is 0 Å². The van der Waals surface area contributed by atoms with Crippen LogP contribution in [0.5, 0.6) is 11.5 Å². The van der Waals surface area contributed by atoms with E-state index < -0.39 is 26.7 Å². The van der Waals surface area contributed by atoms with Gasteiger partial charge in [0.25, 0.3) is 16.0 Å². The average Bonchev–Trinajstić information content (AvgIpc) is 2.84. The molecule has 0 spiro atoms. The monoisotopic (exact) mass is 580 g/mol. The molecule has 0 bridgehead atoms.